The van der Waals surface area contributed by atoms with E-state index in [0.29, 0.717) is 5.56 Å². The monoisotopic (exact) mass is 539 g/mol. The quantitative estimate of drug-likeness (QED) is 0.320. The van der Waals surface area contributed by atoms with Crippen LogP contribution in [0.2, 0.25) is 0 Å². The number of hydrogen-bond donors (Lipinski definition) is 1. The molecule has 2 aromatic carbocycles. The Morgan fingerprint density at radius 3 is 2.34 bits per heavy atom. The molecule has 1 saturated heterocycles. The molecule has 198 valence electrons. The third kappa shape index (κ3) is 5.66. The van der Waals surface area contributed by atoms with Gasteiger partial charge in [0.15, 0.2) is 5.76 Å². The van der Waals surface area contributed by atoms with Crippen LogP contribution in [0.25, 0.3) is 0 Å². The van der Waals surface area contributed by atoms with Gasteiger partial charge in [-0.3, -0.25) is 14.4 Å². The minimum absolute atomic E-state index is 0.00654. The summed E-state index contributed by atoms with van der Waals surface area (Å²) in [5.74, 6) is -2.18. The topological polar surface area (TPSA) is 157 Å². The highest BCUT2D eigenvalue weighted by atomic mass is 32.2. The van der Waals surface area contributed by atoms with Gasteiger partial charge in [0, 0.05) is 6.54 Å². The van der Waals surface area contributed by atoms with E-state index in [1.54, 1.807) is 19.1 Å². The number of benzene rings is 2. The molecule has 1 atom stereocenters. The number of sulfonamides is 1. The molecule has 1 aromatic heterocycles. The van der Waals surface area contributed by atoms with Gasteiger partial charge in [0.1, 0.15) is 6.04 Å². The molecule has 0 bridgehead atoms. The van der Waals surface area contributed by atoms with E-state index in [-0.39, 0.29) is 47.9 Å². The van der Waals surface area contributed by atoms with Crippen LogP contribution in [0, 0.1) is 0 Å². The van der Waals surface area contributed by atoms with E-state index in [4.69, 9.17) is 14.3 Å². The summed E-state index contributed by atoms with van der Waals surface area (Å²) in [5.41, 5.74) is 1.23. The molecule has 0 spiro atoms. The SMILES string of the molecule is CCOC(=O)c1ccc(N2C(=O)CC(N(CCc3ccc(S(N)(=O)=O)cc3)C(=O)c3ccco3)C2=O)cc1. The Morgan fingerprint density at radius 1 is 1.08 bits per heavy atom. The highest BCUT2D eigenvalue weighted by molar-refractivity contribution is 7.89. The van der Waals surface area contributed by atoms with E-state index in [1.807, 2.05) is 0 Å². The van der Waals surface area contributed by atoms with E-state index in [9.17, 15) is 27.6 Å². The number of nitrogens with two attached hydrogens (primary N) is 1. The lowest BCUT2D eigenvalue weighted by Crippen LogP contribution is -2.46. The van der Waals surface area contributed by atoms with Crippen LogP contribution >= 0.6 is 0 Å². The number of amides is 3. The van der Waals surface area contributed by atoms with Crippen LogP contribution in [0.1, 0.15) is 39.8 Å². The Hall–Kier alpha value is -4.29. The molecule has 2 N–H and O–H groups in total. The summed E-state index contributed by atoms with van der Waals surface area (Å²) < 4.78 is 33.2. The number of furan rings is 1. The molecular weight excluding hydrogens is 514 g/mol. The largest absolute Gasteiger partial charge is 0.462 e. The highest BCUT2D eigenvalue weighted by Gasteiger charge is 2.44. The molecule has 0 radical (unpaired) electrons. The number of ether oxygens (including phenoxy) is 1. The number of hydrogen-bond acceptors (Lipinski definition) is 8. The van der Waals surface area contributed by atoms with Gasteiger partial charge in [-0.15, -0.1) is 0 Å². The predicted molar refractivity (Wildman–Crippen MR) is 135 cm³/mol. The minimum atomic E-state index is -3.85. The summed E-state index contributed by atoms with van der Waals surface area (Å²) in [6.45, 7) is 1.94. The second kappa shape index (κ2) is 11.0. The zero-order valence-corrected chi connectivity index (χ0v) is 21.2. The fourth-order valence-corrected chi connectivity index (χ4v) is 4.64. The summed E-state index contributed by atoms with van der Waals surface area (Å²) in [7, 11) is -3.85. The van der Waals surface area contributed by atoms with Crippen LogP contribution in [-0.4, -0.2) is 56.2 Å². The van der Waals surface area contributed by atoms with Gasteiger partial charge in [0.2, 0.25) is 15.9 Å². The van der Waals surface area contributed by atoms with Gasteiger partial charge >= 0.3 is 5.97 Å². The van der Waals surface area contributed by atoms with Gasteiger partial charge in [-0.2, -0.15) is 0 Å². The van der Waals surface area contributed by atoms with Crippen molar-refractivity contribution in [2.24, 2.45) is 5.14 Å². The third-order valence-electron chi connectivity index (χ3n) is 6.02. The maximum Gasteiger partial charge on any atom is 0.338 e. The van der Waals surface area contributed by atoms with E-state index >= 15 is 0 Å². The highest BCUT2D eigenvalue weighted by Crippen LogP contribution is 2.27. The summed E-state index contributed by atoms with van der Waals surface area (Å²) in [6, 6.07) is 13.6. The second-order valence-corrected chi connectivity index (χ2v) is 10.0. The fraction of sp³-hybridized carbons (Fsp3) is 0.231. The van der Waals surface area contributed by atoms with Crippen molar-refractivity contribution >= 4 is 39.4 Å². The molecule has 1 aliphatic rings. The van der Waals surface area contributed by atoms with Crippen LogP contribution in [0.3, 0.4) is 0 Å². The van der Waals surface area contributed by atoms with Crippen LogP contribution in [-0.2, 0) is 30.8 Å². The maximum atomic E-state index is 13.4. The molecule has 4 rings (SSSR count). The Morgan fingerprint density at radius 2 is 1.76 bits per heavy atom. The van der Waals surface area contributed by atoms with Crippen molar-refractivity contribution in [3.8, 4) is 0 Å². The molecule has 38 heavy (non-hydrogen) atoms. The number of esters is 1. The van der Waals surface area contributed by atoms with Crippen molar-refractivity contribution in [1.29, 1.82) is 0 Å². The molecule has 1 unspecified atom stereocenters. The second-order valence-electron chi connectivity index (χ2n) is 8.47. The molecule has 0 aliphatic carbocycles. The van der Waals surface area contributed by atoms with Gasteiger partial charge < -0.3 is 14.1 Å². The molecular formula is C26H25N3O8S. The number of carbonyl (C=O) groups is 4. The van der Waals surface area contributed by atoms with Crippen LogP contribution in [0.15, 0.2) is 76.2 Å². The van der Waals surface area contributed by atoms with Crippen molar-refractivity contribution < 1.29 is 36.7 Å². The zero-order chi connectivity index (χ0) is 27.4. The summed E-state index contributed by atoms with van der Waals surface area (Å²) in [5, 5.41) is 5.14. The van der Waals surface area contributed by atoms with Crippen molar-refractivity contribution in [2.75, 3.05) is 18.1 Å². The van der Waals surface area contributed by atoms with Gasteiger partial charge in [0.05, 0.1) is 35.4 Å². The van der Waals surface area contributed by atoms with Crippen molar-refractivity contribution in [3.63, 3.8) is 0 Å². The minimum Gasteiger partial charge on any atom is -0.462 e. The molecule has 0 saturated carbocycles. The average molecular weight is 540 g/mol. The molecule has 2 heterocycles. The van der Waals surface area contributed by atoms with Crippen molar-refractivity contribution in [1.82, 2.24) is 4.90 Å². The van der Waals surface area contributed by atoms with Crippen LogP contribution < -0.4 is 10.0 Å². The first-order chi connectivity index (χ1) is 18.1. The first-order valence-electron chi connectivity index (χ1n) is 11.7. The van der Waals surface area contributed by atoms with Crippen molar-refractivity contribution in [3.05, 3.63) is 83.8 Å². The van der Waals surface area contributed by atoms with E-state index in [0.717, 1.165) is 4.90 Å². The Bertz CT molecular complexity index is 1450. The third-order valence-corrected chi connectivity index (χ3v) is 6.95. The average Bonchev–Trinajstić information content (AvgIpc) is 3.52. The first kappa shape index (κ1) is 26.8. The standard InChI is InChI=1S/C26H25N3O8S/c1-2-36-26(33)18-7-9-19(10-8-18)29-23(30)16-21(24(29)31)28(25(32)22-4-3-15-37-22)14-13-17-5-11-20(12-6-17)38(27,34)35/h3-12,15,21H,2,13-14,16H2,1H3,(H2,27,34,35). The number of imide groups is 1. The van der Waals surface area contributed by atoms with Gasteiger partial charge in [-0.25, -0.2) is 23.3 Å². The number of carbonyl (C=O) groups excluding carboxylic acids is 4. The van der Waals surface area contributed by atoms with E-state index < -0.39 is 39.8 Å². The molecule has 3 amide bonds. The Labute approximate surface area is 218 Å². The Balaban J connectivity index is 1.56. The smallest absolute Gasteiger partial charge is 0.338 e. The number of nitrogens with zero attached hydrogens (tertiary/aromatic N) is 2. The Kier molecular flexibility index (Phi) is 7.74. The molecule has 11 nitrogen and oxygen atoms in total. The van der Waals surface area contributed by atoms with E-state index in [2.05, 4.69) is 0 Å². The molecule has 12 heteroatoms. The molecule has 1 fully saturated rings. The van der Waals surface area contributed by atoms with Gasteiger partial charge in [0.25, 0.3) is 11.8 Å². The predicted octanol–water partition coefficient (Wildman–Crippen LogP) is 2.12. The number of primary sulfonamides is 1. The van der Waals surface area contributed by atoms with Crippen molar-refractivity contribution in [2.45, 2.75) is 30.7 Å². The summed E-state index contributed by atoms with van der Waals surface area (Å²) in [4.78, 5) is 53.8. The summed E-state index contributed by atoms with van der Waals surface area (Å²) >= 11 is 0. The summed E-state index contributed by atoms with van der Waals surface area (Å²) in [6.07, 6.45) is 1.36. The normalized spacial score (nSPS) is 15.5. The molecule has 1 aliphatic heterocycles. The van der Waals surface area contributed by atoms with Crippen LogP contribution in [0.5, 0.6) is 0 Å². The van der Waals surface area contributed by atoms with E-state index in [1.165, 1.54) is 59.7 Å². The molecule has 3 aromatic rings. The van der Waals surface area contributed by atoms with Crippen LogP contribution in [0.4, 0.5) is 5.69 Å². The first-order valence-corrected chi connectivity index (χ1v) is 13.2. The lowest BCUT2D eigenvalue weighted by molar-refractivity contribution is -0.122. The lowest BCUT2D eigenvalue weighted by atomic mass is 10.1. The lowest BCUT2D eigenvalue weighted by Gasteiger charge is -2.27. The fourth-order valence-electron chi connectivity index (χ4n) is 4.13. The van der Waals surface area contributed by atoms with Gasteiger partial charge in [-0.05, 0) is 67.4 Å². The number of rotatable bonds is 9. The number of anilines is 1. The zero-order valence-electron chi connectivity index (χ0n) is 20.4. The van der Waals surface area contributed by atoms with Gasteiger partial charge in [-0.1, -0.05) is 12.1 Å². The maximum absolute atomic E-state index is 13.4.